The van der Waals surface area contributed by atoms with Crippen LogP contribution in [0.15, 0.2) is 11.1 Å². The van der Waals surface area contributed by atoms with Crippen LogP contribution in [-0.2, 0) is 9.59 Å². The van der Waals surface area contributed by atoms with Gasteiger partial charge in [-0.2, -0.15) is 0 Å². The summed E-state index contributed by atoms with van der Waals surface area (Å²) in [4.78, 5) is 20.5. The van der Waals surface area contributed by atoms with E-state index in [0.717, 1.165) is 0 Å². The lowest BCUT2D eigenvalue weighted by atomic mass is 10.1. The number of hydrogen-bond donors (Lipinski definition) is 2. The molecule has 4 nitrogen and oxygen atoms in total. The zero-order valence-corrected chi connectivity index (χ0v) is 5.84. The van der Waals surface area contributed by atoms with Crippen LogP contribution >= 0.6 is 0 Å². The average Bonchev–Trinajstić information content (AvgIpc) is 1.84. The fourth-order valence-electron chi connectivity index (χ4n) is 0.345. The molecule has 0 saturated heterocycles. The van der Waals surface area contributed by atoms with E-state index >= 15 is 0 Å². The summed E-state index contributed by atoms with van der Waals surface area (Å²) in [6.07, 6.45) is 0. The molecule has 3 N–H and O–H groups in total. The Morgan fingerprint density at radius 2 is 1.60 bits per heavy atom. The lowest BCUT2D eigenvalue weighted by molar-refractivity contribution is -0.133. The first-order valence-electron chi connectivity index (χ1n) is 2.67. The Balaban J connectivity index is 4.67. The third-order valence-electron chi connectivity index (χ3n) is 1.25. The highest BCUT2D eigenvalue weighted by Gasteiger charge is 2.08. The highest BCUT2D eigenvalue weighted by atomic mass is 16.4. The number of carbonyl (C=O) groups excluding carboxylic acids is 1. The summed E-state index contributed by atoms with van der Waals surface area (Å²) >= 11 is 0. The molecule has 0 aromatic rings. The first-order chi connectivity index (χ1) is 4.46. The van der Waals surface area contributed by atoms with Crippen molar-refractivity contribution in [2.45, 2.75) is 13.8 Å². The molecular weight excluding hydrogens is 134 g/mol. The summed E-state index contributed by atoms with van der Waals surface area (Å²) in [6.45, 7) is 2.72. The number of carbonyl (C=O) groups is 2. The van der Waals surface area contributed by atoms with E-state index in [2.05, 4.69) is 0 Å². The predicted octanol–water partition coefficient (Wildman–Crippen LogP) is -0.107. The average molecular weight is 143 g/mol. The quantitative estimate of drug-likeness (QED) is 0.529. The van der Waals surface area contributed by atoms with Crippen LogP contribution in [-0.4, -0.2) is 17.0 Å². The van der Waals surface area contributed by atoms with Gasteiger partial charge in [0.05, 0.1) is 0 Å². The molecule has 0 aliphatic carbocycles. The molecule has 0 saturated carbocycles. The number of rotatable bonds is 2. The molecule has 0 spiro atoms. The van der Waals surface area contributed by atoms with Crippen LogP contribution in [0.2, 0.25) is 0 Å². The standard InChI is InChI=1S/C6H9NO3/c1-3(5(7)8)4(2)6(9)10/h1-2H3,(H2,7,8)(H,9,10)/b4-3+. The van der Waals surface area contributed by atoms with Gasteiger partial charge in [0.25, 0.3) is 0 Å². The van der Waals surface area contributed by atoms with Crippen LogP contribution in [0.4, 0.5) is 0 Å². The van der Waals surface area contributed by atoms with E-state index < -0.39 is 11.9 Å². The molecule has 0 aromatic heterocycles. The first-order valence-corrected chi connectivity index (χ1v) is 2.67. The molecule has 0 bridgehead atoms. The summed E-state index contributed by atoms with van der Waals surface area (Å²) in [5, 5.41) is 8.34. The Kier molecular flexibility index (Phi) is 2.61. The SMILES string of the molecule is C/C(C(N)=O)=C(/C)C(=O)O. The van der Waals surface area contributed by atoms with Gasteiger partial charge >= 0.3 is 5.97 Å². The summed E-state index contributed by atoms with van der Waals surface area (Å²) in [5.74, 6) is -1.81. The topological polar surface area (TPSA) is 80.4 Å². The molecule has 0 rings (SSSR count). The molecule has 0 atom stereocenters. The molecule has 4 heteroatoms. The smallest absolute Gasteiger partial charge is 0.331 e. The Morgan fingerprint density at radius 3 is 1.70 bits per heavy atom. The van der Waals surface area contributed by atoms with Crippen molar-refractivity contribution < 1.29 is 14.7 Å². The molecule has 0 aromatic carbocycles. The van der Waals surface area contributed by atoms with Crippen molar-refractivity contribution in [2.75, 3.05) is 0 Å². The Labute approximate surface area is 58.3 Å². The maximum absolute atomic E-state index is 10.3. The zero-order chi connectivity index (χ0) is 8.31. The summed E-state index contributed by atoms with van der Waals surface area (Å²) in [6, 6.07) is 0. The zero-order valence-electron chi connectivity index (χ0n) is 5.84. The largest absolute Gasteiger partial charge is 0.478 e. The van der Waals surface area contributed by atoms with Crippen molar-refractivity contribution in [3.8, 4) is 0 Å². The third kappa shape index (κ3) is 1.89. The third-order valence-corrected chi connectivity index (χ3v) is 1.25. The molecule has 10 heavy (non-hydrogen) atoms. The van der Waals surface area contributed by atoms with Crippen molar-refractivity contribution >= 4 is 11.9 Å². The van der Waals surface area contributed by atoms with Gasteiger partial charge in [-0.1, -0.05) is 0 Å². The number of carboxylic acid groups (broad SMARTS) is 1. The van der Waals surface area contributed by atoms with E-state index in [9.17, 15) is 9.59 Å². The van der Waals surface area contributed by atoms with E-state index in [0.29, 0.717) is 0 Å². The maximum Gasteiger partial charge on any atom is 0.331 e. The molecule has 1 amide bonds. The van der Waals surface area contributed by atoms with Gasteiger partial charge in [0.2, 0.25) is 5.91 Å². The molecule has 0 heterocycles. The fraction of sp³-hybridized carbons (Fsp3) is 0.333. The normalized spacial score (nSPS) is 12.2. The fourth-order valence-corrected chi connectivity index (χ4v) is 0.345. The summed E-state index contributed by atoms with van der Waals surface area (Å²) < 4.78 is 0. The van der Waals surface area contributed by atoms with E-state index in [1.54, 1.807) is 0 Å². The lowest BCUT2D eigenvalue weighted by Gasteiger charge is -1.96. The van der Waals surface area contributed by atoms with Crippen LogP contribution in [0.3, 0.4) is 0 Å². The van der Waals surface area contributed by atoms with Crippen molar-refractivity contribution in [2.24, 2.45) is 5.73 Å². The maximum atomic E-state index is 10.3. The predicted molar refractivity (Wildman–Crippen MR) is 35.2 cm³/mol. The Hall–Kier alpha value is -1.32. The Morgan fingerprint density at radius 1 is 1.20 bits per heavy atom. The van der Waals surface area contributed by atoms with Crippen LogP contribution in [0.25, 0.3) is 0 Å². The van der Waals surface area contributed by atoms with Gasteiger partial charge in [-0.3, -0.25) is 4.79 Å². The van der Waals surface area contributed by atoms with Gasteiger partial charge in [-0.05, 0) is 13.8 Å². The number of nitrogens with two attached hydrogens (primary N) is 1. The minimum absolute atomic E-state index is 0.00694. The number of hydrogen-bond acceptors (Lipinski definition) is 2. The minimum Gasteiger partial charge on any atom is -0.478 e. The van der Waals surface area contributed by atoms with Gasteiger partial charge in [0.15, 0.2) is 0 Å². The van der Waals surface area contributed by atoms with Crippen LogP contribution in [0, 0.1) is 0 Å². The monoisotopic (exact) mass is 143 g/mol. The Bertz CT molecular complexity index is 183. The van der Waals surface area contributed by atoms with Gasteiger partial charge in [0.1, 0.15) is 0 Å². The summed E-state index contributed by atoms with van der Waals surface area (Å²) in [5.41, 5.74) is 4.90. The van der Waals surface area contributed by atoms with Crippen LogP contribution in [0.5, 0.6) is 0 Å². The number of amides is 1. The molecule has 0 unspecified atom stereocenters. The van der Waals surface area contributed by atoms with E-state index in [4.69, 9.17) is 10.8 Å². The van der Waals surface area contributed by atoms with Gasteiger partial charge in [0, 0.05) is 11.1 Å². The number of primary amides is 1. The van der Waals surface area contributed by atoms with Crippen molar-refractivity contribution in [3.63, 3.8) is 0 Å². The minimum atomic E-state index is -1.11. The second-order valence-corrected chi connectivity index (χ2v) is 1.92. The number of carboxylic acids is 1. The van der Waals surface area contributed by atoms with E-state index in [1.807, 2.05) is 0 Å². The highest BCUT2D eigenvalue weighted by molar-refractivity contribution is 6.00. The molecule has 0 radical (unpaired) electrons. The van der Waals surface area contributed by atoms with Crippen molar-refractivity contribution in [1.29, 1.82) is 0 Å². The van der Waals surface area contributed by atoms with Crippen LogP contribution < -0.4 is 5.73 Å². The molecule has 0 fully saturated rings. The molecule has 56 valence electrons. The van der Waals surface area contributed by atoms with E-state index in [1.165, 1.54) is 13.8 Å². The van der Waals surface area contributed by atoms with Crippen LogP contribution in [0.1, 0.15) is 13.8 Å². The second-order valence-electron chi connectivity index (χ2n) is 1.92. The summed E-state index contributed by atoms with van der Waals surface area (Å²) in [7, 11) is 0. The molecular formula is C6H9NO3. The van der Waals surface area contributed by atoms with Gasteiger partial charge in [-0.25, -0.2) is 4.79 Å². The van der Waals surface area contributed by atoms with Gasteiger partial charge < -0.3 is 10.8 Å². The van der Waals surface area contributed by atoms with Crippen molar-refractivity contribution in [1.82, 2.24) is 0 Å². The van der Waals surface area contributed by atoms with Crippen molar-refractivity contribution in [3.05, 3.63) is 11.1 Å². The molecule has 0 aliphatic rings. The van der Waals surface area contributed by atoms with E-state index in [-0.39, 0.29) is 11.1 Å². The lowest BCUT2D eigenvalue weighted by Crippen LogP contribution is -2.15. The highest BCUT2D eigenvalue weighted by Crippen LogP contribution is 2.01. The second kappa shape index (κ2) is 3.00. The van der Waals surface area contributed by atoms with Gasteiger partial charge in [-0.15, -0.1) is 0 Å². The first kappa shape index (κ1) is 8.68. The molecule has 0 aliphatic heterocycles. The number of aliphatic carboxylic acids is 1.